The Balaban J connectivity index is 0.000000316. The maximum Gasteiger partial charge on any atom is 0.388 e. The number of anilines is 2. The Kier molecular flexibility index (Phi) is 10.4. The molecule has 0 atom stereocenters. The number of aromatic amines is 1. The number of hydrogen-bond donors (Lipinski definition) is 2. The highest BCUT2D eigenvalue weighted by Gasteiger charge is 2.16. The first-order chi connectivity index (χ1) is 14.9. The zero-order valence-electron chi connectivity index (χ0n) is 18.7. The summed E-state index contributed by atoms with van der Waals surface area (Å²) in [5, 5.41) is 9.08. The summed E-state index contributed by atoms with van der Waals surface area (Å²) in [5.74, 6) is 2.49. The van der Waals surface area contributed by atoms with Gasteiger partial charge in [0.05, 0.1) is 17.6 Å². The zero-order chi connectivity index (χ0) is 22.6. The van der Waals surface area contributed by atoms with Gasteiger partial charge in [-0.25, -0.2) is 4.98 Å². The van der Waals surface area contributed by atoms with E-state index in [4.69, 9.17) is 4.74 Å². The predicted octanol–water partition coefficient (Wildman–Crippen LogP) is 5.60. The number of alkyl halides is 2. The summed E-state index contributed by atoms with van der Waals surface area (Å²) >= 11 is 0. The third-order valence-corrected chi connectivity index (χ3v) is 4.92. The average molecular weight is 438 g/mol. The van der Waals surface area contributed by atoms with Gasteiger partial charge in [0.1, 0.15) is 11.6 Å². The Morgan fingerprint density at radius 3 is 2.65 bits per heavy atom. The minimum absolute atomic E-state index is 0.190. The zero-order valence-corrected chi connectivity index (χ0v) is 18.7. The lowest BCUT2D eigenvalue weighted by Gasteiger charge is -2.24. The molecular formula is C22H33F2N5O2. The summed E-state index contributed by atoms with van der Waals surface area (Å²) in [6, 6.07) is 1.33. The third-order valence-electron chi connectivity index (χ3n) is 4.92. The van der Waals surface area contributed by atoms with Gasteiger partial charge in [0, 0.05) is 19.3 Å². The predicted molar refractivity (Wildman–Crippen MR) is 118 cm³/mol. The summed E-state index contributed by atoms with van der Waals surface area (Å²) in [7, 11) is 0. The fourth-order valence-corrected chi connectivity index (χ4v) is 3.25. The Labute approximate surface area is 182 Å². The van der Waals surface area contributed by atoms with E-state index in [1.807, 2.05) is 19.1 Å². The summed E-state index contributed by atoms with van der Waals surface area (Å²) in [4.78, 5) is 8.83. The number of allylic oxidation sites excluding steroid dienone is 1. The van der Waals surface area contributed by atoms with Crippen LogP contribution in [0.4, 0.5) is 20.4 Å². The smallest absolute Gasteiger partial charge is 0.388 e. The summed E-state index contributed by atoms with van der Waals surface area (Å²) in [5.41, 5.74) is 1.69. The number of H-pyrrole nitrogens is 1. The number of nitrogens with zero attached hydrogens (tertiary/aromatic N) is 3. The Bertz CT molecular complexity index is 805. The van der Waals surface area contributed by atoms with Gasteiger partial charge in [-0.05, 0) is 44.1 Å². The van der Waals surface area contributed by atoms with Gasteiger partial charge < -0.3 is 14.8 Å². The SMILES string of the molecule is C/C=C\c1ncc(Nc2cc(OC(F)F)n[nH]2)nc1CCC.CC(C)C1CCOCC1. The first-order valence-corrected chi connectivity index (χ1v) is 10.8. The molecule has 0 amide bonds. The van der Waals surface area contributed by atoms with E-state index in [2.05, 4.69) is 51.0 Å². The quantitative estimate of drug-likeness (QED) is 0.559. The molecule has 1 fully saturated rings. The Morgan fingerprint density at radius 1 is 1.32 bits per heavy atom. The summed E-state index contributed by atoms with van der Waals surface area (Å²) in [6.45, 7) is 7.65. The molecule has 0 unspecified atom stereocenters. The molecule has 0 radical (unpaired) electrons. The second-order valence-corrected chi connectivity index (χ2v) is 7.65. The molecule has 0 aromatic carbocycles. The van der Waals surface area contributed by atoms with Crippen LogP contribution in [-0.2, 0) is 11.2 Å². The lowest BCUT2D eigenvalue weighted by atomic mass is 9.89. The van der Waals surface area contributed by atoms with Crippen molar-refractivity contribution < 1.29 is 18.3 Å². The topological polar surface area (TPSA) is 85.0 Å². The number of aromatic nitrogens is 4. The molecule has 7 nitrogen and oxygen atoms in total. The largest absolute Gasteiger partial charge is 0.415 e. The summed E-state index contributed by atoms with van der Waals surface area (Å²) in [6.07, 6.45) is 9.66. The first kappa shape index (κ1) is 24.7. The van der Waals surface area contributed by atoms with Gasteiger partial charge in [0.2, 0.25) is 5.88 Å². The van der Waals surface area contributed by atoms with Crippen molar-refractivity contribution in [2.75, 3.05) is 18.5 Å². The minimum Gasteiger partial charge on any atom is -0.415 e. The molecule has 172 valence electrons. The number of nitrogens with one attached hydrogen (secondary N) is 2. The minimum atomic E-state index is -2.91. The van der Waals surface area contributed by atoms with Crippen LogP contribution in [0.1, 0.15) is 58.3 Å². The summed E-state index contributed by atoms with van der Waals surface area (Å²) < 4.78 is 33.6. The maximum absolute atomic E-state index is 12.1. The van der Waals surface area contributed by atoms with Gasteiger partial charge in [0.25, 0.3) is 0 Å². The van der Waals surface area contributed by atoms with E-state index in [0.29, 0.717) is 11.6 Å². The normalized spacial score (nSPS) is 14.7. The second kappa shape index (κ2) is 13.0. The van der Waals surface area contributed by atoms with Gasteiger partial charge >= 0.3 is 6.61 Å². The van der Waals surface area contributed by atoms with Crippen LogP contribution >= 0.6 is 0 Å². The van der Waals surface area contributed by atoms with Gasteiger partial charge in [-0.1, -0.05) is 33.3 Å². The van der Waals surface area contributed by atoms with Crippen molar-refractivity contribution in [2.24, 2.45) is 11.8 Å². The maximum atomic E-state index is 12.1. The molecule has 3 heterocycles. The van der Waals surface area contributed by atoms with Crippen LogP contribution in [0, 0.1) is 11.8 Å². The van der Waals surface area contributed by atoms with E-state index < -0.39 is 6.61 Å². The highest BCUT2D eigenvalue weighted by Crippen LogP contribution is 2.22. The molecule has 0 saturated carbocycles. The molecule has 1 aliphatic heterocycles. The van der Waals surface area contributed by atoms with Crippen LogP contribution in [0.2, 0.25) is 0 Å². The van der Waals surface area contributed by atoms with Crippen molar-refractivity contribution in [3.05, 3.63) is 29.7 Å². The van der Waals surface area contributed by atoms with Gasteiger partial charge in [-0.15, -0.1) is 5.10 Å². The van der Waals surface area contributed by atoms with Crippen molar-refractivity contribution in [1.82, 2.24) is 20.2 Å². The van der Waals surface area contributed by atoms with Crippen molar-refractivity contribution in [2.45, 2.75) is 60.0 Å². The van der Waals surface area contributed by atoms with E-state index in [1.165, 1.54) is 18.9 Å². The molecule has 2 aromatic heterocycles. The van der Waals surface area contributed by atoms with Crippen LogP contribution in [0.3, 0.4) is 0 Å². The van der Waals surface area contributed by atoms with Crippen molar-refractivity contribution >= 4 is 17.7 Å². The van der Waals surface area contributed by atoms with E-state index in [9.17, 15) is 8.78 Å². The van der Waals surface area contributed by atoms with E-state index in [0.717, 1.165) is 49.3 Å². The van der Waals surface area contributed by atoms with Crippen molar-refractivity contribution in [3.63, 3.8) is 0 Å². The van der Waals surface area contributed by atoms with Gasteiger partial charge in [0.15, 0.2) is 0 Å². The lowest BCUT2D eigenvalue weighted by molar-refractivity contribution is -0.0528. The van der Waals surface area contributed by atoms with Crippen LogP contribution in [0.15, 0.2) is 18.3 Å². The molecule has 9 heteroatoms. The average Bonchev–Trinajstić information content (AvgIpc) is 3.17. The van der Waals surface area contributed by atoms with Gasteiger partial charge in [-0.3, -0.25) is 10.1 Å². The Morgan fingerprint density at radius 2 is 2.06 bits per heavy atom. The number of rotatable bonds is 8. The second-order valence-electron chi connectivity index (χ2n) is 7.65. The standard InChI is InChI=1S/C14H17F2N5O.C8H16O/c1-3-5-9-10(6-4-2)18-12(8-17-9)19-11-7-13(21-20-11)22-14(15)16;1-7(2)8-3-5-9-6-4-8/h3,5,7-8,14H,4,6H2,1-2H3,(H2,18,19,20,21);7-8H,3-6H2,1-2H3/b5-3-;. The fraction of sp³-hybridized carbons (Fsp3) is 0.591. The lowest BCUT2D eigenvalue weighted by Crippen LogP contribution is -2.19. The van der Waals surface area contributed by atoms with Crippen LogP contribution in [0.5, 0.6) is 5.88 Å². The number of hydrogen-bond acceptors (Lipinski definition) is 6. The highest BCUT2D eigenvalue weighted by molar-refractivity contribution is 5.55. The van der Waals surface area contributed by atoms with Gasteiger partial charge in [-0.2, -0.15) is 8.78 Å². The molecule has 31 heavy (non-hydrogen) atoms. The van der Waals surface area contributed by atoms with E-state index in [-0.39, 0.29) is 5.88 Å². The molecule has 3 rings (SSSR count). The van der Waals surface area contributed by atoms with Crippen molar-refractivity contribution in [3.8, 4) is 5.88 Å². The third kappa shape index (κ3) is 8.61. The number of aryl methyl sites for hydroxylation is 1. The molecule has 2 N–H and O–H groups in total. The van der Waals surface area contributed by atoms with Crippen LogP contribution < -0.4 is 10.1 Å². The molecule has 1 aliphatic rings. The number of halogens is 2. The monoisotopic (exact) mass is 437 g/mol. The number of ether oxygens (including phenoxy) is 2. The van der Waals surface area contributed by atoms with Crippen molar-refractivity contribution in [1.29, 1.82) is 0 Å². The molecule has 1 saturated heterocycles. The fourth-order valence-electron chi connectivity index (χ4n) is 3.25. The van der Waals surface area contributed by atoms with Crippen LogP contribution in [-0.4, -0.2) is 40.0 Å². The van der Waals surface area contributed by atoms with E-state index in [1.54, 1.807) is 6.20 Å². The first-order valence-electron chi connectivity index (χ1n) is 10.8. The molecular weight excluding hydrogens is 404 g/mol. The molecule has 0 bridgehead atoms. The molecule has 0 aliphatic carbocycles. The molecule has 0 spiro atoms. The van der Waals surface area contributed by atoms with Crippen LogP contribution in [0.25, 0.3) is 6.08 Å². The Hall–Kier alpha value is -2.55. The highest BCUT2D eigenvalue weighted by atomic mass is 19.3. The van der Waals surface area contributed by atoms with E-state index >= 15 is 0 Å². The molecule has 2 aromatic rings.